The van der Waals surface area contributed by atoms with Crippen LogP contribution in [0.5, 0.6) is 0 Å². The Morgan fingerprint density at radius 3 is 2.30 bits per heavy atom. The van der Waals surface area contributed by atoms with E-state index < -0.39 is 0 Å². The van der Waals surface area contributed by atoms with E-state index in [-0.39, 0.29) is 11.5 Å². The monoisotopic (exact) mass is 559 g/mol. The number of aromatic amines is 2. The molecular formula is C30H37N7O2S. The summed E-state index contributed by atoms with van der Waals surface area (Å²) in [6.07, 6.45) is 9.14. The van der Waals surface area contributed by atoms with E-state index in [1.54, 1.807) is 12.4 Å². The number of hydrogen-bond acceptors (Lipinski definition) is 7. The predicted octanol–water partition coefficient (Wildman–Crippen LogP) is 4.21. The molecule has 9 nitrogen and oxygen atoms in total. The molecule has 210 valence electrons. The number of benzene rings is 1. The maximum Gasteiger partial charge on any atom is 0.254 e. The summed E-state index contributed by atoms with van der Waals surface area (Å²) in [4.78, 5) is 36.9. The van der Waals surface area contributed by atoms with Crippen molar-refractivity contribution in [1.29, 1.82) is 0 Å². The summed E-state index contributed by atoms with van der Waals surface area (Å²) in [6, 6.07) is 10.2. The summed E-state index contributed by atoms with van der Waals surface area (Å²) in [5.41, 5.74) is 3.02. The molecule has 5 heterocycles. The van der Waals surface area contributed by atoms with Crippen LogP contribution < -0.4 is 0 Å². The SMILES string of the molecule is Cc1ccsc1CN1CCC2(CC1)CN(C(=O)c1ccc(CN(Cc3ncc[nH]3)Cc3ncc[nH]3)cc1)CCO2. The number of carbonyl (C=O) groups is 1. The lowest BCUT2D eigenvalue weighted by Crippen LogP contribution is -2.57. The van der Waals surface area contributed by atoms with Crippen LogP contribution in [0.15, 0.2) is 60.5 Å². The molecule has 2 N–H and O–H groups in total. The summed E-state index contributed by atoms with van der Waals surface area (Å²) in [5, 5.41) is 2.17. The Hall–Kier alpha value is -3.31. The average molecular weight is 560 g/mol. The Morgan fingerprint density at radius 1 is 1.00 bits per heavy atom. The Morgan fingerprint density at radius 2 is 1.70 bits per heavy atom. The molecule has 4 aromatic rings. The Bertz CT molecular complexity index is 1320. The van der Waals surface area contributed by atoms with Crippen LogP contribution in [0.3, 0.4) is 0 Å². The third kappa shape index (κ3) is 6.36. The number of thiophene rings is 1. The van der Waals surface area contributed by atoms with E-state index in [1.165, 1.54) is 10.4 Å². The van der Waals surface area contributed by atoms with Crippen molar-refractivity contribution >= 4 is 17.2 Å². The molecule has 2 saturated heterocycles. The summed E-state index contributed by atoms with van der Waals surface area (Å²) in [7, 11) is 0. The van der Waals surface area contributed by atoms with Gasteiger partial charge in [0.05, 0.1) is 31.8 Å². The van der Waals surface area contributed by atoms with Gasteiger partial charge < -0.3 is 19.6 Å². The second kappa shape index (κ2) is 12.1. The number of nitrogens with zero attached hydrogens (tertiary/aromatic N) is 5. The van der Waals surface area contributed by atoms with E-state index in [0.717, 1.165) is 61.8 Å². The second-order valence-electron chi connectivity index (χ2n) is 11.0. The fourth-order valence-electron chi connectivity index (χ4n) is 5.76. The highest BCUT2D eigenvalue weighted by Gasteiger charge is 2.41. The van der Waals surface area contributed by atoms with Gasteiger partial charge in [0.2, 0.25) is 0 Å². The zero-order valence-corrected chi connectivity index (χ0v) is 23.8. The first-order chi connectivity index (χ1) is 19.6. The number of aromatic nitrogens is 4. The first kappa shape index (κ1) is 26.9. The number of ether oxygens (including phenoxy) is 1. The number of H-pyrrole nitrogens is 2. The highest BCUT2D eigenvalue weighted by atomic mass is 32.1. The molecule has 2 aliphatic heterocycles. The summed E-state index contributed by atoms with van der Waals surface area (Å²) < 4.78 is 6.34. The van der Waals surface area contributed by atoms with Crippen LogP contribution in [0.1, 0.15) is 50.9 Å². The number of hydrogen-bond donors (Lipinski definition) is 2. The van der Waals surface area contributed by atoms with E-state index in [0.29, 0.717) is 32.8 Å². The fraction of sp³-hybridized carbons (Fsp3) is 0.433. The fourth-order valence-corrected chi connectivity index (χ4v) is 6.71. The van der Waals surface area contributed by atoms with Crippen molar-refractivity contribution < 1.29 is 9.53 Å². The van der Waals surface area contributed by atoms with Crippen LogP contribution in [0.2, 0.25) is 0 Å². The van der Waals surface area contributed by atoms with Gasteiger partial charge in [-0.2, -0.15) is 0 Å². The second-order valence-corrected chi connectivity index (χ2v) is 12.0. The lowest BCUT2D eigenvalue weighted by atomic mass is 9.89. The molecule has 6 rings (SSSR count). The third-order valence-corrected chi connectivity index (χ3v) is 9.11. The molecule has 0 atom stereocenters. The number of piperidine rings is 1. The summed E-state index contributed by atoms with van der Waals surface area (Å²) in [5.74, 6) is 1.91. The Labute approximate surface area is 239 Å². The van der Waals surface area contributed by atoms with E-state index in [9.17, 15) is 4.79 Å². The van der Waals surface area contributed by atoms with Crippen molar-refractivity contribution in [1.82, 2.24) is 34.6 Å². The largest absolute Gasteiger partial charge is 0.371 e. The van der Waals surface area contributed by atoms with Gasteiger partial charge in [0.1, 0.15) is 11.6 Å². The van der Waals surface area contributed by atoms with Crippen molar-refractivity contribution in [2.45, 2.75) is 51.5 Å². The number of amides is 1. The topological polar surface area (TPSA) is 93.4 Å². The number of morpholine rings is 1. The quantitative estimate of drug-likeness (QED) is 0.319. The van der Waals surface area contributed by atoms with Crippen molar-refractivity contribution in [2.75, 3.05) is 32.8 Å². The molecule has 0 unspecified atom stereocenters. The summed E-state index contributed by atoms with van der Waals surface area (Å²) >= 11 is 1.84. The van der Waals surface area contributed by atoms with Gasteiger partial charge >= 0.3 is 0 Å². The van der Waals surface area contributed by atoms with Crippen molar-refractivity contribution in [3.8, 4) is 0 Å². The molecule has 1 spiro atoms. The standard InChI is InChI=1S/C30H37N7O2S/c1-23-6-17-40-26(23)19-35-13-7-30(8-14-35)22-37(15-16-39-30)29(38)25-4-2-24(3-5-25)18-36(20-27-31-9-10-32-27)21-28-33-11-12-34-28/h2-6,9-12,17H,7-8,13-16,18-22H2,1H3,(H,31,32)(H,33,34). The molecule has 0 radical (unpaired) electrons. The van der Waals surface area contributed by atoms with Gasteiger partial charge in [0.15, 0.2) is 0 Å². The normalized spacial score (nSPS) is 17.6. The van der Waals surface area contributed by atoms with Gasteiger partial charge in [-0.25, -0.2) is 9.97 Å². The molecule has 1 aromatic carbocycles. The number of aryl methyl sites for hydroxylation is 1. The van der Waals surface area contributed by atoms with Crippen molar-refractivity contribution in [3.63, 3.8) is 0 Å². The molecule has 10 heteroatoms. The lowest BCUT2D eigenvalue weighted by Gasteiger charge is -2.47. The highest BCUT2D eigenvalue weighted by Crippen LogP contribution is 2.32. The molecule has 3 aromatic heterocycles. The molecule has 0 aliphatic carbocycles. The van der Waals surface area contributed by atoms with Gasteiger partial charge in [-0.05, 0) is 54.5 Å². The van der Waals surface area contributed by atoms with Gasteiger partial charge in [-0.1, -0.05) is 12.1 Å². The molecular weight excluding hydrogens is 522 g/mol. The summed E-state index contributed by atoms with van der Waals surface area (Å²) in [6.45, 7) is 9.18. The van der Waals surface area contributed by atoms with Crippen LogP contribution >= 0.6 is 11.3 Å². The molecule has 40 heavy (non-hydrogen) atoms. The Balaban J connectivity index is 1.06. The minimum Gasteiger partial charge on any atom is -0.371 e. The van der Waals surface area contributed by atoms with E-state index in [2.05, 4.69) is 60.2 Å². The van der Waals surface area contributed by atoms with Crippen LogP contribution in [-0.4, -0.2) is 78.9 Å². The predicted molar refractivity (Wildman–Crippen MR) is 155 cm³/mol. The van der Waals surface area contributed by atoms with Crippen LogP contribution in [-0.2, 0) is 30.9 Å². The van der Waals surface area contributed by atoms with Crippen molar-refractivity contribution in [3.05, 3.63) is 93.7 Å². The van der Waals surface area contributed by atoms with E-state index >= 15 is 0 Å². The van der Waals surface area contributed by atoms with Gasteiger partial charge in [0, 0.05) is 68.0 Å². The number of nitrogens with one attached hydrogen (secondary N) is 2. The van der Waals surface area contributed by atoms with Crippen LogP contribution in [0.4, 0.5) is 0 Å². The molecule has 1 amide bonds. The first-order valence-corrected chi connectivity index (χ1v) is 14.9. The molecule has 2 aliphatic rings. The molecule has 2 fully saturated rings. The lowest BCUT2D eigenvalue weighted by molar-refractivity contribution is -0.127. The van der Waals surface area contributed by atoms with Gasteiger partial charge in [-0.15, -0.1) is 11.3 Å². The minimum absolute atomic E-state index is 0.0916. The minimum atomic E-state index is -0.229. The number of likely N-dealkylation sites (tertiary alicyclic amines) is 1. The average Bonchev–Trinajstić information content (AvgIpc) is 3.75. The Kier molecular flexibility index (Phi) is 8.10. The van der Waals surface area contributed by atoms with Gasteiger partial charge in [-0.3, -0.25) is 14.6 Å². The smallest absolute Gasteiger partial charge is 0.254 e. The van der Waals surface area contributed by atoms with E-state index in [1.807, 2.05) is 40.8 Å². The molecule has 0 saturated carbocycles. The molecule has 0 bridgehead atoms. The maximum absolute atomic E-state index is 13.5. The van der Waals surface area contributed by atoms with E-state index in [4.69, 9.17) is 4.74 Å². The van der Waals surface area contributed by atoms with Gasteiger partial charge in [0.25, 0.3) is 5.91 Å². The number of rotatable bonds is 9. The third-order valence-electron chi connectivity index (χ3n) is 8.10. The first-order valence-electron chi connectivity index (χ1n) is 14.0. The maximum atomic E-state index is 13.5. The van der Waals surface area contributed by atoms with Crippen LogP contribution in [0.25, 0.3) is 0 Å². The zero-order chi connectivity index (χ0) is 27.4. The highest BCUT2D eigenvalue weighted by molar-refractivity contribution is 7.10. The van der Waals surface area contributed by atoms with Crippen LogP contribution in [0, 0.1) is 6.92 Å². The number of carbonyl (C=O) groups excluding carboxylic acids is 1. The number of imidazole rings is 2. The van der Waals surface area contributed by atoms with Crippen molar-refractivity contribution in [2.24, 2.45) is 0 Å². The zero-order valence-electron chi connectivity index (χ0n) is 23.0.